The number of hydrogen-bond donors (Lipinski definition) is 1. The Morgan fingerprint density at radius 2 is 1.58 bits per heavy atom. The molecule has 2 aromatic heterocycles. The smallest absolute Gasteiger partial charge is 0.417 e. The molecule has 3 heterocycles. The van der Waals surface area contributed by atoms with Crippen LogP contribution < -0.4 is 9.64 Å². The predicted octanol–water partition coefficient (Wildman–Crippen LogP) is 4.03. The van der Waals surface area contributed by atoms with E-state index in [0.717, 1.165) is 23.6 Å². The van der Waals surface area contributed by atoms with Crippen molar-refractivity contribution in [2.75, 3.05) is 31.1 Å². The van der Waals surface area contributed by atoms with Gasteiger partial charge in [-0.15, -0.1) is 0 Å². The van der Waals surface area contributed by atoms with Crippen molar-refractivity contribution in [2.45, 2.75) is 19.0 Å². The number of carbonyl (C=O) groups excluding carboxylic acids is 1. The molecule has 1 fully saturated rings. The third-order valence-corrected chi connectivity index (χ3v) is 5.69. The molecule has 1 saturated heterocycles. The highest BCUT2D eigenvalue weighted by Gasteiger charge is 2.30. The third kappa shape index (κ3) is 6.49. The lowest BCUT2D eigenvalue weighted by atomic mass is 10.1. The van der Waals surface area contributed by atoms with Crippen molar-refractivity contribution in [3.05, 3.63) is 83.3 Å². The highest BCUT2D eigenvalue weighted by molar-refractivity contribution is 5.71. The predicted molar refractivity (Wildman–Crippen MR) is 124 cm³/mol. The second-order valence-electron chi connectivity index (χ2n) is 8.29. The molecule has 188 valence electrons. The van der Waals surface area contributed by atoms with Gasteiger partial charge in [0.25, 0.3) is 0 Å². The van der Waals surface area contributed by atoms with E-state index in [1.807, 2.05) is 4.90 Å². The van der Waals surface area contributed by atoms with Crippen molar-refractivity contribution in [2.24, 2.45) is 0 Å². The quantitative estimate of drug-likeness (QED) is 0.546. The Kier molecular flexibility index (Phi) is 7.37. The van der Waals surface area contributed by atoms with Gasteiger partial charge in [-0.1, -0.05) is 18.2 Å². The number of carboxylic acids is 1. The number of alkyl halides is 3. The molecule has 0 bridgehead atoms. The van der Waals surface area contributed by atoms with Crippen LogP contribution in [0.3, 0.4) is 0 Å². The van der Waals surface area contributed by atoms with Crippen LogP contribution in [0.25, 0.3) is 0 Å². The van der Waals surface area contributed by atoms with Crippen LogP contribution in [0.1, 0.15) is 22.4 Å². The van der Waals surface area contributed by atoms with E-state index in [9.17, 15) is 22.8 Å². The molecule has 1 aliphatic rings. The van der Waals surface area contributed by atoms with Gasteiger partial charge >= 0.3 is 18.2 Å². The number of piperazine rings is 1. The molecular formula is C25H23F3N4O4. The van der Waals surface area contributed by atoms with E-state index in [0.29, 0.717) is 49.6 Å². The van der Waals surface area contributed by atoms with Crippen molar-refractivity contribution in [1.29, 1.82) is 0 Å². The number of nitrogens with zero attached hydrogens (tertiary/aromatic N) is 4. The second kappa shape index (κ2) is 10.6. The maximum atomic E-state index is 12.7. The topological polar surface area (TPSA) is 95.9 Å². The van der Waals surface area contributed by atoms with Gasteiger partial charge in [0.15, 0.2) is 0 Å². The number of aromatic nitrogens is 2. The average molecular weight is 500 g/mol. The Morgan fingerprint density at radius 3 is 2.14 bits per heavy atom. The summed E-state index contributed by atoms with van der Waals surface area (Å²) in [4.78, 5) is 35.1. The zero-order valence-corrected chi connectivity index (χ0v) is 19.1. The van der Waals surface area contributed by atoms with Crippen molar-refractivity contribution in [3.63, 3.8) is 0 Å². The zero-order chi connectivity index (χ0) is 25.7. The van der Waals surface area contributed by atoms with Gasteiger partial charge in [-0.2, -0.15) is 13.2 Å². The SMILES string of the molecule is O=C(O)Cc1ccc(N2CCN(C(=O)Oc3ccc(Cc4ccc(C(F)(F)F)cn4)cc3)CC2)nc1. The summed E-state index contributed by atoms with van der Waals surface area (Å²) in [5.74, 6) is 0.167. The van der Waals surface area contributed by atoms with E-state index in [2.05, 4.69) is 9.97 Å². The summed E-state index contributed by atoms with van der Waals surface area (Å²) in [6.45, 7) is 1.99. The lowest BCUT2D eigenvalue weighted by Crippen LogP contribution is -2.49. The van der Waals surface area contributed by atoms with Gasteiger partial charge in [0.05, 0.1) is 12.0 Å². The molecule has 0 atom stereocenters. The first kappa shape index (κ1) is 25.0. The molecular weight excluding hydrogens is 477 g/mol. The highest BCUT2D eigenvalue weighted by Crippen LogP contribution is 2.28. The van der Waals surface area contributed by atoms with Gasteiger partial charge in [-0.25, -0.2) is 9.78 Å². The fraction of sp³-hybridized carbons (Fsp3) is 0.280. The molecule has 0 unspecified atom stereocenters. The molecule has 8 nitrogen and oxygen atoms in total. The lowest BCUT2D eigenvalue weighted by molar-refractivity contribution is -0.138. The molecule has 1 aromatic carbocycles. The molecule has 0 spiro atoms. The number of benzene rings is 1. The van der Waals surface area contributed by atoms with Crippen LogP contribution in [0.4, 0.5) is 23.8 Å². The van der Waals surface area contributed by atoms with Crippen LogP contribution in [0, 0.1) is 0 Å². The molecule has 3 aromatic rings. The van der Waals surface area contributed by atoms with Gasteiger partial charge in [0, 0.05) is 50.7 Å². The number of anilines is 1. The number of hydrogen-bond acceptors (Lipinski definition) is 6. The van der Waals surface area contributed by atoms with Gasteiger partial charge in [-0.3, -0.25) is 9.78 Å². The first-order chi connectivity index (χ1) is 17.2. The molecule has 36 heavy (non-hydrogen) atoms. The van der Waals surface area contributed by atoms with Crippen molar-refractivity contribution < 1.29 is 32.6 Å². The molecule has 0 aliphatic carbocycles. The number of ether oxygens (including phenoxy) is 1. The van der Waals surface area contributed by atoms with Crippen LogP contribution in [0.2, 0.25) is 0 Å². The minimum atomic E-state index is -4.42. The Labute approximate surface area is 205 Å². The molecule has 1 aliphatic heterocycles. The first-order valence-electron chi connectivity index (χ1n) is 11.2. The zero-order valence-electron chi connectivity index (χ0n) is 19.1. The van der Waals surface area contributed by atoms with Crippen LogP contribution in [-0.4, -0.2) is 58.2 Å². The van der Waals surface area contributed by atoms with E-state index in [4.69, 9.17) is 9.84 Å². The lowest BCUT2D eigenvalue weighted by Gasteiger charge is -2.34. The number of halogens is 3. The summed E-state index contributed by atoms with van der Waals surface area (Å²) >= 11 is 0. The van der Waals surface area contributed by atoms with Crippen molar-refractivity contribution in [1.82, 2.24) is 14.9 Å². The van der Waals surface area contributed by atoms with Crippen LogP contribution in [0.5, 0.6) is 5.75 Å². The standard InChI is InChI=1S/C25H23F3N4O4/c26-25(27,28)19-4-5-20(29-16-19)13-17-1-6-21(7-2-17)36-24(35)32-11-9-31(10-12-32)22-8-3-18(15-30-22)14-23(33)34/h1-8,15-16H,9-14H2,(H,33,34). The third-order valence-electron chi connectivity index (χ3n) is 5.69. The average Bonchev–Trinajstić information content (AvgIpc) is 2.85. The Bertz CT molecular complexity index is 1190. The van der Waals surface area contributed by atoms with Gasteiger partial charge in [0.1, 0.15) is 11.6 Å². The van der Waals surface area contributed by atoms with E-state index < -0.39 is 23.8 Å². The molecule has 1 N–H and O–H groups in total. The van der Waals surface area contributed by atoms with E-state index >= 15 is 0 Å². The molecule has 0 saturated carbocycles. The molecule has 11 heteroatoms. The van der Waals surface area contributed by atoms with E-state index in [1.54, 1.807) is 47.5 Å². The van der Waals surface area contributed by atoms with Gasteiger partial charge in [-0.05, 0) is 41.5 Å². The highest BCUT2D eigenvalue weighted by atomic mass is 19.4. The summed E-state index contributed by atoms with van der Waals surface area (Å²) in [6, 6.07) is 12.6. The van der Waals surface area contributed by atoms with E-state index in [-0.39, 0.29) is 6.42 Å². The summed E-state index contributed by atoms with van der Waals surface area (Å²) in [6.07, 6.45) is -2.27. The van der Waals surface area contributed by atoms with E-state index in [1.165, 1.54) is 6.07 Å². The minimum Gasteiger partial charge on any atom is -0.481 e. The van der Waals surface area contributed by atoms with Crippen molar-refractivity contribution in [3.8, 4) is 5.75 Å². The number of pyridine rings is 2. The van der Waals surface area contributed by atoms with Gasteiger partial charge in [0.2, 0.25) is 0 Å². The number of aliphatic carboxylic acids is 1. The van der Waals surface area contributed by atoms with Crippen LogP contribution >= 0.6 is 0 Å². The molecule has 4 rings (SSSR count). The Hall–Kier alpha value is -4.15. The van der Waals surface area contributed by atoms with Crippen LogP contribution in [-0.2, 0) is 23.8 Å². The fourth-order valence-corrected chi connectivity index (χ4v) is 3.75. The molecule has 1 amide bonds. The Balaban J connectivity index is 1.26. The fourth-order valence-electron chi connectivity index (χ4n) is 3.75. The van der Waals surface area contributed by atoms with Crippen molar-refractivity contribution >= 4 is 17.9 Å². The maximum Gasteiger partial charge on any atom is 0.417 e. The first-order valence-corrected chi connectivity index (χ1v) is 11.2. The largest absolute Gasteiger partial charge is 0.481 e. The summed E-state index contributed by atoms with van der Waals surface area (Å²) in [7, 11) is 0. The molecule has 0 radical (unpaired) electrons. The second-order valence-corrected chi connectivity index (χ2v) is 8.29. The number of amides is 1. The summed E-state index contributed by atoms with van der Waals surface area (Å²) in [5.41, 5.74) is 1.14. The van der Waals surface area contributed by atoms with Crippen LogP contribution in [0.15, 0.2) is 60.9 Å². The normalized spacial score (nSPS) is 14.0. The van der Waals surface area contributed by atoms with Gasteiger partial charge < -0.3 is 19.6 Å². The summed E-state index contributed by atoms with van der Waals surface area (Å²) in [5, 5.41) is 8.85. The maximum absolute atomic E-state index is 12.7. The minimum absolute atomic E-state index is 0.0835. The monoisotopic (exact) mass is 500 g/mol. The Morgan fingerprint density at radius 1 is 0.889 bits per heavy atom. The number of carbonyl (C=O) groups is 2. The number of rotatable bonds is 6. The number of carboxylic acid groups (broad SMARTS) is 1. The summed E-state index contributed by atoms with van der Waals surface area (Å²) < 4.78 is 43.5.